The topological polar surface area (TPSA) is 9.23 Å². The molecule has 1 nitrogen and oxygen atoms in total. The van der Waals surface area contributed by atoms with Gasteiger partial charge in [0.1, 0.15) is 6.61 Å². The summed E-state index contributed by atoms with van der Waals surface area (Å²) in [6, 6.07) is 10.1. The maximum Gasteiger partial charge on any atom is 0.108 e. The highest BCUT2D eigenvalue weighted by Crippen LogP contribution is 1.99. The van der Waals surface area contributed by atoms with E-state index in [0.29, 0.717) is 18.5 Å². The molecule has 0 heterocycles. The molecule has 0 saturated heterocycles. The van der Waals surface area contributed by atoms with Gasteiger partial charge in [-0.2, -0.15) is 0 Å². The smallest absolute Gasteiger partial charge is 0.108 e. The second kappa shape index (κ2) is 6.71. The fourth-order valence-electron chi connectivity index (χ4n) is 0.892. The van der Waals surface area contributed by atoms with Crippen LogP contribution in [0.5, 0.6) is 0 Å². The molecule has 0 amide bonds. The van der Waals surface area contributed by atoms with Gasteiger partial charge in [-0.05, 0) is 5.56 Å². The molecule has 0 radical (unpaired) electrons. The zero-order valence-electron chi connectivity index (χ0n) is 7.29. The molecule has 68 valence electrons. The van der Waals surface area contributed by atoms with Crippen LogP contribution in [0.1, 0.15) is 5.56 Å². The molecule has 0 saturated carbocycles. The van der Waals surface area contributed by atoms with Crippen LogP contribution in [0.15, 0.2) is 30.3 Å². The first-order valence-electron chi connectivity index (χ1n) is 4.07. The fourth-order valence-corrected chi connectivity index (χ4v) is 1.09. The van der Waals surface area contributed by atoms with Crippen molar-refractivity contribution in [2.45, 2.75) is 6.61 Å². The molecular formula is C11H11BrO. The lowest BCUT2D eigenvalue weighted by atomic mass is 10.2. The van der Waals surface area contributed by atoms with Crippen LogP contribution in [0.4, 0.5) is 0 Å². The van der Waals surface area contributed by atoms with Crippen molar-refractivity contribution in [3.05, 3.63) is 35.9 Å². The molecule has 0 spiro atoms. The highest BCUT2D eigenvalue weighted by molar-refractivity contribution is 9.09. The SMILES string of the molecule is BrCC#CCOCc1ccccc1. The summed E-state index contributed by atoms with van der Waals surface area (Å²) in [7, 11) is 0. The van der Waals surface area contributed by atoms with Gasteiger partial charge in [-0.25, -0.2) is 0 Å². The number of hydrogen-bond acceptors (Lipinski definition) is 1. The Kier molecular flexibility index (Phi) is 5.31. The Morgan fingerprint density at radius 3 is 2.62 bits per heavy atom. The van der Waals surface area contributed by atoms with Crippen LogP contribution in [-0.4, -0.2) is 11.9 Å². The summed E-state index contributed by atoms with van der Waals surface area (Å²) in [5.74, 6) is 5.76. The molecule has 0 unspecified atom stereocenters. The first kappa shape index (κ1) is 10.3. The molecule has 0 atom stereocenters. The van der Waals surface area contributed by atoms with E-state index in [1.165, 1.54) is 5.56 Å². The normalized spacial score (nSPS) is 9.00. The van der Waals surface area contributed by atoms with Gasteiger partial charge < -0.3 is 4.74 Å². The number of halogens is 1. The van der Waals surface area contributed by atoms with E-state index in [4.69, 9.17) is 4.74 Å². The van der Waals surface area contributed by atoms with Crippen LogP contribution in [0.2, 0.25) is 0 Å². The molecule has 1 aromatic rings. The molecule has 13 heavy (non-hydrogen) atoms. The quantitative estimate of drug-likeness (QED) is 0.447. The largest absolute Gasteiger partial charge is 0.364 e. The van der Waals surface area contributed by atoms with Crippen molar-refractivity contribution >= 4 is 15.9 Å². The average Bonchev–Trinajstić information content (AvgIpc) is 2.19. The zero-order chi connectivity index (χ0) is 9.36. The summed E-state index contributed by atoms with van der Waals surface area (Å²) in [6.07, 6.45) is 0. The fraction of sp³-hybridized carbons (Fsp3) is 0.273. The van der Waals surface area contributed by atoms with E-state index in [1.807, 2.05) is 30.3 Å². The van der Waals surface area contributed by atoms with E-state index < -0.39 is 0 Å². The second-order valence-electron chi connectivity index (χ2n) is 2.47. The Bertz CT molecular complexity index is 284. The van der Waals surface area contributed by atoms with Gasteiger partial charge in [-0.3, -0.25) is 0 Å². The van der Waals surface area contributed by atoms with Crippen LogP contribution in [-0.2, 0) is 11.3 Å². The molecule has 0 aliphatic rings. The predicted octanol–water partition coefficient (Wildman–Crippen LogP) is 2.60. The van der Waals surface area contributed by atoms with Gasteiger partial charge in [0.2, 0.25) is 0 Å². The zero-order valence-corrected chi connectivity index (χ0v) is 8.88. The van der Waals surface area contributed by atoms with Crippen molar-refractivity contribution in [2.24, 2.45) is 0 Å². The first-order valence-corrected chi connectivity index (χ1v) is 5.19. The summed E-state index contributed by atoms with van der Waals surface area (Å²) in [6.45, 7) is 1.14. The van der Waals surface area contributed by atoms with Gasteiger partial charge in [-0.1, -0.05) is 58.1 Å². The monoisotopic (exact) mass is 238 g/mol. The number of rotatable bonds is 3. The third-order valence-electron chi connectivity index (χ3n) is 1.48. The summed E-state index contributed by atoms with van der Waals surface area (Å²) in [4.78, 5) is 0. The molecule has 0 aromatic heterocycles. The number of hydrogen-bond donors (Lipinski definition) is 0. The Morgan fingerprint density at radius 2 is 1.92 bits per heavy atom. The molecular weight excluding hydrogens is 228 g/mol. The number of ether oxygens (including phenoxy) is 1. The van der Waals surface area contributed by atoms with E-state index in [-0.39, 0.29) is 0 Å². The summed E-state index contributed by atoms with van der Waals surface area (Å²) < 4.78 is 5.33. The molecule has 2 heteroatoms. The van der Waals surface area contributed by atoms with Crippen molar-refractivity contribution in [3.8, 4) is 11.8 Å². The Balaban J connectivity index is 2.20. The van der Waals surface area contributed by atoms with E-state index in [2.05, 4.69) is 27.8 Å². The lowest BCUT2D eigenvalue weighted by Crippen LogP contribution is -1.92. The molecule has 1 rings (SSSR count). The van der Waals surface area contributed by atoms with E-state index >= 15 is 0 Å². The van der Waals surface area contributed by atoms with Gasteiger partial charge in [0.15, 0.2) is 0 Å². The van der Waals surface area contributed by atoms with Crippen LogP contribution in [0, 0.1) is 11.8 Å². The molecule has 0 N–H and O–H groups in total. The van der Waals surface area contributed by atoms with Crippen molar-refractivity contribution in [2.75, 3.05) is 11.9 Å². The van der Waals surface area contributed by atoms with E-state index in [1.54, 1.807) is 0 Å². The van der Waals surface area contributed by atoms with Gasteiger partial charge in [0.25, 0.3) is 0 Å². The van der Waals surface area contributed by atoms with Gasteiger partial charge in [-0.15, -0.1) is 0 Å². The Labute approximate surface area is 87.2 Å². The lowest BCUT2D eigenvalue weighted by Gasteiger charge is -1.98. The van der Waals surface area contributed by atoms with E-state index in [9.17, 15) is 0 Å². The van der Waals surface area contributed by atoms with Gasteiger partial charge >= 0.3 is 0 Å². The number of benzene rings is 1. The summed E-state index contributed by atoms with van der Waals surface area (Å²) >= 11 is 3.22. The third kappa shape index (κ3) is 4.72. The van der Waals surface area contributed by atoms with Crippen LogP contribution < -0.4 is 0 Å². The third-order valence-corrected chi connectivity index (χ3v) is 1.76. The van der Waals surface area contributed by atoms with E-state index in [0.717, 1.165) is 0 Å². The lowest BCUT2D eigenvalue weighted by molar-refractivity contribution is 0.153. The van der Waals surface area contributed by atoms with Crippen LogP contribution in [0.3, 0.4) is 0 Å². The minimum Gasteiger partial charge on any atom is -0.364 e. The van der Waals surface area contributed by atoms with Crippen molar-refractivity contribution in [1.82, 2.24) is 0 Å². The molecule has 0 bridgehead atoms. The molecule has 0 aliphatic carbocycles. The molecule has 0 aliphatic heterocycles. The molecule has 0 fully saturated rings. The predicted molar refractivity (Wildman–Crippen MR) is 57.7 cm³/mol. The molecule has 1 aromatic carbocycles. The van der Waals surface area contributed by atoms with Crippen molar-refractivity contribution in [3.63, 3.8) is 0 Å². The Hall–Kier alpha value is -0.780. The minimum atomic E-state index is 0.500. The van der Waals surface area contributed by atoms with Crippen molar-refractivity contribution in [1.29, 1.82) is 0 Å². The highest BCUT2D eigenvalue weighted by atomic mass is 79.9. The maximum atomic E-state index is 5.33. The Morgan fingerprint density at radius 1 is 1.15 bits per heavy atom. The number of alkyl halides is 1. The standard InChI is InChI=1S/C11H11BrO/c12-8-4-5-9-13-10-11-6-2-1-3-7-11/h1-3,6-7H,8-10H2. The second-order valence-corrected chi connectivity index (χ2v) is 3.03. The first-order chi connectivity index (χ1) is 6.43. The van der Waals surface area contributed by atoms with Crippen LogP contribution >= 0.6 is 15.9 Å². The van der Waals surface area contributed by atoms with Crippen molar-refractivity contribution < 1.29 is 4.74 Å². The average molecular weight is 239 g/mol. The van der Waals surface area contributed by atoms with Gasteiger partial charge in [0, 0.05) is 0 Å². The maximum absolute atomic E-state index is 5.33. The summed E-state index contributed by atoms with van der Waals surface area (Å²) in [5.41, 5.74) is 1.18. The summed E-state index contributed by atoms with van der Waals surface area (Å²) in [5, 5.41) is 0.710. The van der Waals surface area contributed by atoms with Gasteiger partial charge in [0.05, 0.1) is 11.9 Å². The minimum absolute atomic E-state index is 0.500. The highest BCUT2D eigenvalue weighted by Gasteiger charge is 1.88. The van der Waals surface area contributed by atoms with Crippen LogP contribution in [0.25, 0.3) is 0 Å².